The van der Waals surface area contributed by atoms with Gasteiger partial charge in [0.2, 0.25) is 0 Å². The van der Waals surface area contributed by atoms with E-state index in [4.69, 9.17) is 5.73 Å². The second-order valence-electron chi connectivity index (χ2n) is 9.12. The lowest BCUT2D eigenvalue weighted by Gasteiger charge is -2.29. The molecule has 0 saturated heterocycles. The third-order valence-corrected chi connectivity index (χ3v) is 7.11. The minimum Gasteiger partial charge on any atom is -0.366 e. The van der Waals surface area contributed by atoms with E-state index in [1.54, 1.807) is 6.07 Å². The number of nitrogens with two attached hydrogens (primary N) is 1. The number of halogens is 1. The number of hydrogen-bond donors (Lipinski definition) is 1. The summed E-state index contributed by atoms with van der Waals surface area (Å²) in [6.07, 6.45) is 13.0. The van der Waals surface area contributed by atoms with Crippen molar-refractivity contribution in [1.82, 2.24) is 0 Å². The van der Waals surface area contributed by atoms with Crippen LogP contribution in [-0.4, -0.2) is 13.0 Å². The average molecular weight is 409 g/mol. The molecule has 3 nitrogen and oxygen atoms in total. The molecule has 2 fully saturated rings. The van der Waals surface area contributed by atoms with E-state index >= 15 is 0 Å². The van der Waals surface area contributed by atoms with Crippen LogP contribution in [0.15, 0.2) is 36.4 Å². The van der Waals surface area contributed by atoms with E-state index in [2.05, 4.69) is 18.2 Å². The highest BCUT2D eigenvalue weighted by Crippen LogP contribution is 2.40. The Bertz CT molecular complexity index is 862. The predicted octanol–water partition coefficient (Wildman–Crippen LogP) is 6.79. The molecule has 1 amide bonds. The number of carbonyl (C=O) groups excluding carboxylic acids is 1. The molecule has 2 aliphatic rings. The molecule has 0 aliphatic heterocycles. The number of anilines is 2. The molecule has 4 heteroatoms. The monoisotopic (exact) mass is 408 g/mol. The zero-order valence-electron chi connectivity index (χ0n) is 18.0. The Kier molecular flexibility index (Phi) is 6.40. The summed E-state index contributed by atoms with van der Waals surface area (Å²) in [6, 6.07) is 11.7. The van der Waals surface area contributed by atoms with Crippen molar-refractivity contribution in [2.24, 2.45) is 5.73 Å². The standard InChI is InChI=1S/C26H33FN2O/c1-29(22-12-13-24(26(28)30)25(27)17-22)23-15-20(18-8-4-2-5-9-18)14-21(16-23)19-10-6-3-7-11-19/h12-19H,2-11H2,1H3,(H2,28,30). The van der Waals surface area contributed by atoms with Crippen LogP contribution in [0, 0.1) is 5.82 Å². The fourth-order valence-corrected chi connectivity index (χ4v) is 5.26. The van der Waals surface area contributed by atoms with Gasteiger partial charge in [-0.15, -0.1) is 0 Å². The van der Waals surface area contributed by atoms with Crippen LogP contribution in [0.3, 0.4) is 0 Å². The molecule has 2 N–H and O–H groups in total. The van der Waals surface area contributed by atoms with Crippen molar-refractivity contribution in [2.75, 3.05) is 11.9 Å². The maximum Gasteiger partial charge on any atom is 0.251 e. The van der Waals surface area contributed by atoms with Gasteiger partial charge in [-0.3, -0.25) is 4.79 Å². The molecule has 0 bridgehead atoms. The van der Waals surface area contributed by atoms with Crippen LogP contribution >= 0.6 is 0 Å². The van der Waals surface area contributed by atoms with Crippen molar-refractivity contribution in [3.8, 4) is 0 Å². The Morgan fingerprint density at radius 2 is 1.37 bits per heavy atom. The van der Waals surface area contributed by atoms with Gasteiger partial charge in [-0.1, -0.05) is 44.6 Å². The van der Waals surface area contributed by atoms with E-state index < -0.39 is 11.7 Å². The smallest absolute Gasteiger partial charge is 0.251 e. The SMILES string of the molecule is CN(c1cc(C2CCCCC2)cc(C2CCCCC2)c1)c1ccc(C(N)=O)c(F)c1. The van der Waals surface area contributed by atoms with Crippen molar-refractivity contribution in [3.63, 3.8) is 0 Å². The number of amides is 1. The summed E-state index contributed by atoms with van der Waals surface area (Å²) < 4.78 is 14.4. The second kappa shape index (κ2) is 9.20. The summed E-state index contributed by atoms with van der Waals surface area (Å²) in [7, 11) is 1.98. The molecule has 0 unspecified atom stereocenters. The van der Waals surface area contributed by atoms with Gasteiger partial charge in [0.1, 0.15) is 5.82 Å². The quantitative estimate of drug-likeness (QED) is 0.592. The number of carbonyl (C=O) groups is 1. The molecule has 0 heterocycles. The summed E-state index contributed by atoms with van der Waals surface area (Å²) in [5.41, 5.74) is 9.91. The molecule has 0 spiro atoms. The zero-order valence-corrected chi connectivity index (χ0v) is 18.0. The Morgan fingerprint density at radius 1 is 0.833 bits per heavy atom. The molecule has 0 radical (unpaired) electrons. The van der Waals surface area contributed by atoms with E-state index in [-0.39, 0.29) is 5.56 Å². The first-order chi connectivity index (χ1) is 14.5. The van der Waals surface area contributed by atoms with Gasteiger partial charge < -0.3 is 10.6 Å². The predicted molar refractivity (Wildman–Crippen MR) is 121 cm³/mol. The third kappa shape index (κ3) is 4.53. The van der Waals surface area contributed by atoms with E-state index in [1.165, 1.54) is 87.5 Å². The lowest BCUT2D eigenvalue weighted by atomic mass is 9.79. The molecule has 2 aromatic carbocycles. The minimum absolute atomic E-state index is 0.0639. The van der Waals surface area contributed by atoms with E-state index in [0.29, 0.717) is 11.8 Å². The Morgan fingerprint density at radius 3 is 1.83 bits per heavy atom. The van der Waals surface area contributed by atoms with Crippen LogP contribution in [0.5, 0.6) is 0 Å². The number of benzene rings is 2. The summed E-state index contributed by atoms with van der Waals surface area (Å²) in [5, 5.41) is 0. The van der Waals surface area contributed by atoms with Crippen LogP contribution in [0.2, 0.25) is 0 Å². The Balaban J connectivity index is 1.69. The molecule has 160 valence electrons. The van der Waals surface area contributed by atoms with Gasteiger partial charge >= 0.3 is 0 Å². The molecule has 2 aliphatic carbocycles. The summed E-state index contributed by atoms with van der Waals surface area (Å²) in [5.74, 6) is -0.0461. The maximum atomic E-state index is 14.4. The van der Waals surface area contributed by atoms with Crippen molar-refractivity contribution in [3.05, 3.63) is 58.9 Å². The van der Waals surface area contributed by atoms with Gasteiger partial charge in [0.25, 0.3) is 5.91 Å². The molecular formula is C26H33FN2O. The van der Waals surface area contributed by atoms with Crippen LogP contribution in [0.25, 0.3) is 0 Å². The topological polar surface area (TPSA) is 46.3 Å². The molecule has 4 rings (SSSR count). The Labute approximate surface area is 179 Å². The van der Waals surface area contributed by atoms with E-state index in [9.17, 15) is 9.18 Å². The lowest BCUT2D eigenvalue weighted by Crippen LogP contribution is -2.16. The zero-order chi connectivity index (χ0) is 21.1. The van der Waals surface area contributed by atoms with Gasteiger partial charge in [-0.25, -0.2) is 4.39 Å². The molecule has 2 saturated carbocycles. The van der Waals surface area contributed by atoms with Crippen LogP contribution in [0.1, 0.15) is 97.5 Å². The van der Waals surface area contributed by atoms with Crippen LogP contribution < -0.4 is 10.6 Å². The molecule has 30 heavy (non-hydrogen) atoms. The second-order valence-corrected chi connectivity index (χ2v) is 9.12. The van der Waals surface area contributed by atoms with Crippen molar-refractivity contribution in [1.29, 1.82) is 0 Å². The highest BCUT2D eigenvalue weighted by Gasteiger charge is 2.22. The fourth-order valence-electron chi connectivity index (χ4n) is 5.26. The van der Waals surface area contributed by atoms with E-state index in [0.717, 1.165) is 11.4 Å². The third-order valence-electron chi connectivity index (χ3n) is 7.11. The van der Waals surface area contributed by atoms with E-state index in [1.807, 2.05) is 11.9 Å². The first-order valence-corrected chi connectivity index (χ1v) is 11.5. The first-order valence-electron chi connectivity index (χ1n) is 11.5. The molecule has 0 aromatic heterocycles. The van der Waals surface area contributed by atoms with Gasteiger partial charge in [0, 0.05) is 18.4 Å². The van der Waals surface area contributed by atoms with Gasteiger partial charge in [-0.2, -0.15) is 0 Å². The van der Waals surface area contributed by atoms with Crippen molar-refractivity contribution < 1.29 is 9.18 Å². The van der Waals surface area contributed by atoms with Gasteiger partial charge in [0.05, 0.1) is 5.56 Å². The van der Waals surface area contributed by atoms with Crippen LogP contribution in [-0.2, 0) is 0 Å². The summed E-state index contributed by atoms with van der Waals surface area (Å²) >= 11 is 0. The maximum absolute atomic E-state index is 14.4. The molecule has 0 atom stereocenters. The van der Waals surface area contributed by atoms with Crippen molar-refractivity contribution in [2.45, 2.75) is 76.0 Å². The first kappa shape index (κ1) is 20.9. The lowest BCUT2D eigenvalue weighted by molar-refractivity contribution is 0.0996. The summed E-state index contributed by atoms with van der Waals surface area (Å²) in [6.45, 7) is 0. The number of primary amides is 1. The molecular weight excluding hydrogens is 375 g/mol. The fraction of sp³-hybridized carbons (Fsp3) is 0.500. The molecule has 2 aromatic rings. The van der Waals surface area contributed by atoms with Crippen molar-refractivity contribution >= 4 is 17.3 Å². The average Bonchev–Trinajstić information content (AvgIpc) is 2.79. The normalized spacial score (nSPS) is 18.3. The van der Waals surface area contributed by atoms with Gasteiger partial charge in [-0.05, 0) is 79.0 Å². The Hall–Kier alpha value is -2.36. The largest absolute Gasteiger partial charge is 0.366 e. The van der Waals surface area contributed by atoms with Gasteiger partial charge in [0.15, 0.2) is 0 Å². The van der Waals surface area contributed by atoms with Crippen LogP contribution in [0.4, 0.5) is 15.8 Å². The minimum atomic E-state index is -0.736. The summed E-state index contributed by atoms with van der Waals surface area (Å²) in [4.78, 5) is 13.4. The number of nitrogens with zero attached hydrogens (tertiary/aromatic N) is 1. The highest BCUT2D eigenvalue weighted by atomic mass is 19.1. The number of rotatable bonds is 5. The highest BCUT2D eigenvalue weighted by molar-refractivity contribution is 5.93. The number of hydrogen-bond acceptors (Lipinski definition) is 2.